The molecule has 6 nitrogen and oxygen atoms in total. The van der Waals surface area contributed by atoms with Crippen molar-refractivity contribution in [3.63, 3.8) is 0 Å². The van der Waals surface area contributed by atoms with Gasteiger partial charge in [0.15, 0.2) is 0 Å². The highest BCUT2D eigenvalue weighted by atomic mass is 32.2. The van der Waals surface area contributed by atoms with Gasteiger partial charge in [-0.25, -0.2) is 8.42 Å². The highest BCUT2D eigenvalue weighted by Crippen LogP contribution is 2.20. The summed E-state index contributed by atoms with van der Waals surface area (Å²) in [7, 11) is -3.71. The number of aryl methyl sites for hydroxylation is 1. The Morgan fingerprint density at radius 1 is 0.935 bits per heavy atom. The predicted molar refractivity (Wildman–Crippen MR) is 122 cm³/mol. The number of rotatable bonds is 10. The van der Waals surface area contributed by atoms with E-state index < -0.39 is 10.0 Å². The minimum Gasteiger partial charge on any atom is -0.494 e. The summed E-state index contributed by atoms with van der Waals surface area (Å²) in [5.41, 5.74) is 1.83. The van der Waals surface area contributed by atoms with E-state index in [4.69, 9.17) is 4.74 Å². The molecule has 0 heterocycles. The number of anilines is 1. The van der Waals surface area contributed by atoms with E-state index in [0.29, 0.717) is 24.4 Å². The van der Waals surface area contributed by atoms with Gasteiger partial charge in [-0.2, -0.15) is 0 Å². The Bertz CT molecular complexity index is 1120. The van der Waals surface area contributed by atoms with Crippen LogP contribution in [0.3, 0.4) is 0 Å². The predicted octanol–water partition coefficient (Wildman–Crippen LogP) is 4.25. The van der Waals surface area contributed by atoms with Crippen LogP contribution in [0.4, 0.5) is 5.69 Å². The highest BCUT2D eigenvalue weighted by molar-refractivity contribution is 7.92. The van der Waals surface area contributed by atoms with Crippen LogP contribution < -0.4 is 14.8 Å². The number of para-hydroxylation sites is 1. The highest BCUT2D eigenvalue weighted by Gasteiger charge is 2.14. The van der Waals surface area contributed by atoms with E-state index in [9.17, 15) is 13.2 Å². The summed E-state index contributed by atoms with van der Waals surface area (Å²) in [6, 6.07) is 22.4. The zero-order valence-corrected chi connectivity index (χ0v) is 18.2. The van der Waals surface area contributed by atoms with Gasteiger partial charge in [0.2, 0.25) is 0 Å². The maximum absolute atomic E-state index is 12.5. The van der Waals surface area contributed by atoms with Gasteiger partial charge in [-0.1, -0.05) is 42.5 Å². The Labute approximate surface area is 183 Å². The van der Waals surface area contributed by atoms with Crippen LogP contribution in [0.15, 0.2) is 83.8 Å². The quantitative estimate of drug-likeness (QED) is 0.464. The number of carbonyl (C=O) groups excluding carboxylic acids is 1. The molecule has 162 valence electrons. The SMILES string of the molecule is CCOc1ccccc1CCCNC(=O)c1cccc(NS(=O)(=O)c2ccccc2)c1. The van der Waals surface area contributed by atoms with Crippen LogP contribution in [-0.2, 0) is 16.4 Å². The second-order valence-corrected chi connectivity index (χ2v) is 8.58. The summed E-state index contributed by atoms with van der Waals surface area (Å²) < 4.78 is 33.1. The molecule has 3 aromatic carbocycles. The molecule has 0 saturated heterocycles. The summed E-state index contributed by atoms with van der Waals surface area (Å²) in [6.45, 7) is 3.06. The lowest BCUT2D eigenvalue weighted by molar-refractivity contribution is 0.0953. The third-order valence-corrected chi connectivity index (χ3v) is 6.01. The molecule has 0 spiro atoms. The molecule has 0 unspecified atom stereocenters. The smallest absolute Gasteiger partial charge is 0.261 e. The summed E-state index contributed by atoms with van der Waals surface area (Å²) in [5, 5.41) is 2.89. The Kier molecular flexibility index (Phi) is 7.67. The molecule has 0 aromatic heterocycles. The zero-order chi connectivity index (χ0) is 22.1. The third-order valence-electron chi connectivity index (χ3n) is 4.61. The van der Waals surface area contributed by atoms with Gasteiger partial charge >= 0.3 is 0 Å². The Morgan fingerprint density at radius 2 is 1.68 bits per heavy atom. The van der Waals surface area contributed by atoms with Gasteiger partial charge in [0, 0.05) is 17.8 Å². The van der Waals surface area contributed by atoms with Crippen molar-refractivity contribution in [1.29, 1.82) is 0 Å². The number of nitrogens with one attached hydrogen (secondary N) is 2. The molecule has 0 aliphatic heterocycles. The minimum atomic E-state index is -3.71. The van der Waals surface area contributed by atoms with Crippen LogP contribution in [-0.4, -0.2) is 27.5 Å². The van der Waals surface area contributed by atoms with E-state index in [1.807, 2.05) is 31.2 Å². The number of sulfonamides is 1. The number of hydrogen-bond donors (Lipinski definition) is 2. The first-order valence-electron chi connectivity index (χ1n) is 10.2. The molecular formula is C24H26N2O4S. The molecule has 1 amide bonds. The van der Waals surface area contributed by atoms with Crippen LogP contribution in [0, 0.1) is 0 Å². The minimum absolute atomic E-state index is 0.164. The van der Waals surface area contributed by atoms with Crippen LogP contribution in [0.5, 0.6) is 5.75 Å². The van der Waals surface area contributed by atoms with Gasteiger partial charge in [-0.05, 0) is 61.7 Å². The van der Waals surface area contributed by atoms with Gasteiger partial charge in [-0.3, -0.25) is 9.52 Å². The van der Waals surface area contributed by atoms with E-state index in [-0.39, 0.29) is 10.8 Å². The number of benzene rings is 3. The molecule has 3 rings (SSSR count). The van der Waals surface area contributed by atoms with Crippen molar-refractivity contribution in [1.82, 2.24) is 5.32 Å². The van der Waals surface area contributed by atoms with Crippen molar-refractivity contribution in [2.45, 2.75) is 24.7 Å². The average molecular weight is 439 g/mol. The lowest BCUT2D eigenvalue weighted by atomic mass is 10.1. The average Bonchev–Trinajstić information content (AvgIpc) is 2.78. The van der Waals surface area contributed by atoms with Crippen molar-refractivity contribution in [2.24, 2.45) is 0 Å². The number of ether oxygens (including phenoxy) is 1. The van der Waals surface area contributed by atoms with Gasteiger partial charge in [0.05, 0.1) is 11.5 Å². The monoisotopic (exact) mass is 438 g/mol. The standard InChI is InChI=1S/C24H26N2O4S/c1-2-30-23-16-7-6-10-19(23)12-9-17-25-24(27)20-11-8-13-21(18-20)26-31(28,29)22-14-4-3-5-15-22/h3-8,10-11,13-16,18,26H,2,9,12,17H2,1H3,(H,25,27). The molecule has 0 bridgehead atoms. The van der Waals surface area contributed by atoms with Crippen molar-refractivity contribution in [3.8, 4) is 5.75 Å². The molecule has 31 heavy (non-hydrogen) atoms. The lowest BCUT2D eigenvalue weighted by Crippen LogP contribution is -2.25. The molecule has 0 radical (unpaired) electrons. The maximum atomic E-state index is 12.5. The van der Waals surface area contributed by atoms with Gasteiger partial charge in [0.1, 0.15) is 5.75 Å². The third kappa shape index (κ3) is 6.33. The van der Waals surface area contributed by atoms with E-state index >= 15 is 0 Å². The Morgan fingerprint density at radius 3 is 2.45 bits per heavy atom. The molecule has 2 N–H and O–H groups in total. The second-order valence-electron chi connectivity index (χ2n) is 6.90. The fraction of sp³-hybridized carbons (Fsp3) is 0.208. The molecule has 0 saturated carbocycles. The molecular weight excluding hydrogens is 412 g/mol. The van der Waals surface area contributed by atoms with Crippen molar-refractivity contribution in [2.75, 3.05) is 17.9 Å². The molecule has 0 aliphatic carbocycles. The molecule has 3 aromatic rings. The number of amides is 1. The van der Waals surface area contributed by atoms with Crippen LogP contribution in [0.25, 0.3) is 0 Å². The van der Waals surface area contributed by atoms with Crippen LogP contribution in [0.2, 0.25) is 0 Å². The zero-order valence-electron chi connectivity index (χ0n) is 17.4. The van der Waals surface area contributed by atoms with Gasteiger partial charge in [-0.15, -0.1) is 0 Å². The first kappa shape index (κ1) is 22.4. The van der Waals surface area contributed by atoms with E-state index in [1.54, 1.807) is 36.4 Å². The van der Waals surface area contributed by atoms with Gasteiger partial charge in [0.25, 0.3) is 15.9 Å². The summed E-state index contributed by atoms with van der Waals surface area (Å²) in [4.78, 5) is 12.7. The summed E-state index contributed by atoms with van der Waals surface area (Å²) >= 11 is 0. The van der Waals surface area contributed by atoms with Crippen molar-refractivity contribution >= 4 is 21.6 Å². The Hall–Kier alpha value is -3.32. The van der Waals surface area contributed by atoms with E-state index in [1.165, 1.54) is 18.2 Å². The molecule has 0 atom stereocenters. The molecule has 0 aliphatic rings. The summed E-state index contributed by atoms with van der Waals surface area (Å²) in [5.74, 6) is 0.619. The first-order chi connectivity index (χ1) is 15.0. The maximum Gasteiger partial charge on any atom is 0.261 e. The van der Waals surface area contributed by atoms with E-state index in [2.05, 4.69) is 10.0 Å². The normalized spacial score (nSPS) is 11.0. The number of carbonyl (C=O) groups is 1. The fourth-order valence-corrected chi connectivity index (χ4v) is 4.20. The van der Waals surface area contributed by atoms with Crippen molar-refractivity contribution in [3.05, 3.63) is 90.0 Å². The lowest BCUT2D eigenvalue weighted by Gasteiger charge is -2.11. The summed E-state index contributed by atoms with van der Waals surface area (Å²) in [6.07, 6.45) is 1.55. The molecule has 7 heteroatoms. The van der Waals surface area contributed by atoms with Crippen LogP contribution in [0.1, 0.15) is 29.3 Å². The fourth-order valence-electron chi connectivity index (χ4n) is 3.13. The van der Waals surface area contributed by atoms with E-state index in [0.717, 1.165) is 24.2 Å². The second kappa shape index (κ2) is 10.6. The van der Waals surface area contributed by atoms with Gasteiger partial charge < -0.3 is 10.1 Å². The van der Waals surface area contributed by atoms with Crippen LogP contribution >= 0.6 is 0 Å². The Balaban J connectivity index is 1.56. The molecule has 0 fully saturated rings. The largest absolute Gasteiger partial charge is 0.494 e. The first-order valence-corrected chi connectivity index (χ1v) is 11.6. The number of hydrogen-bond acceptors (Lipinski definition) is 4. The van der Waals surface area contributed by atoms with Crippen molar-refractivity contribution < 1.29 is 17.9 Å². The topological polar surface area (TPSA) is 84.5 Å².